The van der Waals surface area contributed by atoms with Gasteiger partial charge in [-0.1, -0.05) is 24.9 Å². The van der Waals surface area contributed by atoms with E-state index in [1.54, 1.807) is 0 Å². The number of hydrogen-bond acceptors (Lipinski definition) is 0. The van der Waals surface area contributed by atoms with Gasteiger partial charge in [0.1, 0.15) is 0 Å². The topological polar surface area (TPSA) is 0 Å². The van der Waals surface area contributed by atoms with Crippen molar-refractivity contribution in [2.45, 2.75) is 13.1 Å². The van der Waals surface area contributed by atoms with Crippen LogP contribution >= 0.6 is 22.7 Å². The zero-order chi connectivity index (χ0) is 6.62. The molecule has 0 saturated heterocycles. The first-order chi connectivity index (χ1) is 3.56. The minimum Gasteiger partial charge on any atom is -0.162 e. The summed E-state index contributed by atoms with van der Waals surface area (Å²) in [6, 6.07) is 0. The molecule has 0 rings (SSSR count). The summed E-state index contributed by atoms with van der Waals surface area (Å²) in [5.41, 5.74) is 2.02. The fraction of sp³-hybridized carbons (Fsp3) is 0.600. The highest BCUT2D eigenvalue weighted by molar-refractivity contribution is 7.21. The number of allylic oxidation sites excluding steroid dienone is 1. The molecule has 0 saturated carbocycles. The van der Waals surface area contributed by atoms with E-state index in [1.807, 2.05) is 11.8 Å². The van der Waals surface area contributed by atoms with Gasteiger partial charge in [0.25, 0.3) is 0 Å². The number of alkyl halides is 1. The summed E-state index contributed by atoms with van der Waals surface area (Å²) in [7, 11) is -1.47. The Hall–Kier alpha value is 0.537. The normalized spacial score (nSPS) is 13.0. The Morgan fingerprint density at radius 2 is 2.00 bits per heavy atom. The van der Waals surface area contributed by atoms with Crippen molar-refractivity contribution < 1.29 is 0 Å². The molecule has 0 unspecified atom stereocenters. The Kier molecular flexibility index (Phi) is 3.78. The highest BCUT2D eigenvalue weighted by atomic mass is 35.6. The smallest absolute Gasteiger partial charge is 0.162 e. The van der Waals surface area contributed by atoms with Crippen molar-refractivity contribution in [2.24, 2.45) is 0 Å². The van der Waals surface area contributed by atoms with Crippen molar-refractivity contribution in [3.8, 4) is 0 Å². The van der Waals surface area contributed by atoms with Crippen molar-refractivity contribution in [1.82, 2.24) is 0 Å². The molecule has 0 amide bonds. The van der Waals surface area contributed by atoms with Crippen LogP contribution in [0.1, 0.15) is 0 Å². The second kappa shape index (κ2) is 3.54. The van der Waals surface area contributed by atoms with Crippen molar-refractivity contribution >= 4 is 30.1 Å². The van der Waals surface area contributed by atoms with Gasteiger partial charge in [-0.3, -0.25) is 0 Å². The molecular formula is C5H10Cl2Si. The maximum Gasteiger partial charge on any atom is 0.173 e. The molecule has 0 spiro atoms. The van der Waals surface area contributed by atoms with Gasteiger partial charge in [-0.05, 0) is 0 Å². The predicted octanol–water partition coefficient (Wildman–Crippen LogP) is 2.76. The first-order valence-corrected chi connectivity index (χ1v) is 7.11. The molecule has 3 heteroatoms. The summed E-state index contributed by atoms with van der Waals surface area (Å²) in [6.45, 7) is 4.11. The third-order valence-corrected chi connectivity index (χ3v) is 2.19. The summed E-state index contributed by atoms with van der Waals surface area (Å²) < 4.78 is 0. The SMILES string of the molecule is C[Si](C)(Cl)/C=C/CCl. The van der Waals surface area contributed by atoms with Gasteiger partial charge >= 0.3 is 0 Å². The van der Waals surface area contributed by atoms with Gasteiger partial charge in [0.15, 0.2) is 7.38 Å². The molecule has 0 heterocycles. The molecule has 0 aromatic rings. The van der Waals surface area contributed by atoms with E-state index >= 15 is 0 Å². The third kappa shape index (κ3) is 6.54. The Bertz CT molecular complexity index is 82.9. The maximum absolute atomic E-state index is 5.91. The molecule has 0 bridgehead atoms. The van der Waals surface area contributed by atoms with Gasteiger partial charge in [-0.2, -0.15) is 11.1 Å². The molecule has 8 heavy (non-hydrogen) atoms. The van der Waals surface area contributed by atoms with Gasteiger partial charge in [-0.15, -0.1) is 11.6 Å². The van der Waals surface area contributed by atoms with Crippen molar-refractivity contribution in [2.75, 3.05) is 5.88 Å². The fourth-order valence-electron chi connectivity index (χ4n) is 0.325. The van der Waals surface area contributed by atoms with Crippen LogP contribution in [0.5, 0.6) is 0 Å². The number of rotatable bonds is 2. The lowest BCUT2D eigenvalue weighted by Crippen LogP contribution is -2.11. The van der Waals surface area contributed by atoms with Gasteiger partial charge in [0.2, 0.25) is 0 Å². The van der Waals surface area contributed by atoms with Gasteiger partial charge < -0.3 is 0 Å². The maximum atomic E-state index is 5.91. The highest BCUT2D eigenvalue weighted by Gasteiger charge is 2.09. The van der Waals surface area contributed by atoms with Gasteiger partial charge in [0, 0.05) is 5.88 Å². The molecule has 0 aliphatic heterocycles. The van der Waals surface area contributed by atoms with Crippen molar-refractivity contribution in [1.29, 1.82) is 0 Å². The lowest BCUT2D eigenvalue weighted by molar-refractivity contribution is 1.75. The second-order valence-electron chi connectivity index (χ2n) is 2.12. The predicted molar refractivity (Wildman–Crippen MR) is 43.2 cm³/mol. The highest BCUT2D eigenvalue weighted by Crippen LogP contribution is 2.08. The molecule has 0 fully saturated rings. The van der Waals surface area contributed by atoms with E-state index in [4.69, 9.17) is 22.7 Å². The van der Waals surface area contributed by atoms with Crippen LogP contribution in [0.4, 0.5) is 0 Å². The lowest BCUT2D eigenvalue weighted by Gasteiger charge is -2.02. The monoisotopic (exact) mass is 168 g/mol. The summed E-state index contributed by atoms with van der Waals surface area (Å²) in [4.78, 5) is 0. The van der Waals surface area contributed by atoms with Crippen LogP contribution in [-0.4, -0.2) is 13.3 Å². The van der Waals surface area contributed by atoms with Crippen LogP contribution in [-0.2, 0) is 0 Å². The zero-order valence-corrected chi connectivity index (χ0v) is 7.63. The lowest BCUT2D eigenvalue weighted by atomic mass is 10.8. The fourth-order valence-corrected chi connectivity index (χ4v) is 1.51. The van der Waals surface area contributed by atoms with Crippen molar-refractivity contribution in [3.05, 3.63) is 11.8 Å². The Balaban J connectivity index is 3.52. The molecule has 0 N–H and O–H groups in total. The molecule has 0 aromatic carbocycles. The summed E-state index contributed by atoms with van der Waals surface area (Å²) in [5, 5.41) is 0. The van der Waals surface area contributed by atoms with Gasteiger partial charge in [-0.25, -0.2) is 0 Å². The van der Waals surface area contributed by atoms with Crippen LogP contribution in [0, 0.1) is 0 Å². The summed E-state index contributed by atoms with van der Waals surface area (Å²) >= 11 is 11.3. The molecule has 0 aliphatic carbocycles. The second-order valence-corrected chi connectivity index (χ2v) is 8.81. The molecule has 0 aliphatic rings. The van der Waals surface area contributed by atoms with Crippen LogP contribution in [0.2, 0.25) is 13.1 Å². The molecule has 0 atom stereocenters. The zero-order valence-electron chi connectivity index (χ0n) is 5.12. The Morgan fingerprint density at radius 1 is 1.50 bits per heavy atom. The van der Waals surface area contributed by atoms with E-state index in [2.05, 4.69) is 13.1 Å². The van der Waals surface area contributed by atoms with E-state index in [9.17, 15) is 0 Å². The summed E-state index contributed by atoms with van der Waals surface area (Å²) in [6.07, 6.45) is 1.90. The first-order valence-electron chi connectivity index (χ1n) is 2.49. The van der Waals surface area contributed by atoms with Crippen LogP contribution in [0.3, 0.4) is 0 Å². The van der Waals surface area contributed by atoms with E-state index in [0.29, 0.717) is 5.88 Å². The molecule has 0 nitrogen and oxygen atoms in total. The number of halogens is 2. The Morgan fingerprint density at radius 3 is 2.12 bits per heavy atom. The molecule has 48 valence electrons. The summed E-state index contributed by atoms with van der Waals surface area (Å²) in [5.74, 6) is 0.573. The molecule has 0 radical (unpaired) electrons. The van der Waals surface area contributed by atoms with E-state index < -0.39 is 7.38 Å². The van der Waals surface area contributed by atoms with E-state index in [1.165, 1.54) is 0 Å². The third-order valence-electron chi connectivity index (χ3n) is 0.603. The van der Waals surface area contributed by atoms with E-state index in [0.717, 1.165) is 0 Å². The minimum absolute atomic E-state index is 0.573. The van der Waals surface area contributed by atoms with Crippen LogP contribution < -0.4 is 0 Å². The quantitative estimate of drug-likeness (QED) is 0.338. The standard InChI is InChI=1S/C5H10Cl2Si/c1-8(2,7)5-3-4-6/h3,5H,4H2,1-2H3/b5-3+. The van der Waals surface area contributed by atoms with Gasteiger partial charge in [0.05, 0.1) is 0 Å². The molecular weight excluding hydrogens is 159 g/mol. The van der Waals surface area contributed by atoms with Crippen molar-refractivity contribution in [3.63, 3.8) is 0 Å². The largest absolute Gasteiger partial charge is 0.173 e. The number of hydrogen-bond donors (Lipinski definition) is 0. The van der Waals surface area contributed by atoms with Crippen LogP contribution in [0.15, 0.2) is 11.8 Å². The van der Waals surface area contributed by atoms with E-state index in [-0.39, 0.29) is 0 Å². The average molecular weight is 169 g/mol. The molecule has 0 aromatic heterocycles. The average Bonchev–Trinajstić information content (AvgIpc) is 1.59. The van der Waals surface area contributed by atoms with Crippen LogP contribution in [0.25, 0.3) is 0 Å². The Labute approximate surface area is 61.2 Å². The minimum atomic E-state index is -1.47. The first kappa shape index (κ1) is 8.54.